The van der Waals surface area contributed by atoms with Crippen molar-refractivity contribution in [3.8, 4) is 6.07 Å². The van der Waals surface area contributed by atoms with E-state index in [2.05, 4.69) is 24.9 Å². The van der Waals surface area contributed by atoms with E-state index in [9.17, 15) is 0 Å². The largest absolute Gasteiger partial charge is 0.313 e. The third-order valence-electron chi connectivity index (χ3n) is 3.47. The van der Waals surface area contributed by atoms with Crippen LogP contribution in [-0.4, -0.2) is 30.1 Å². The van der Waals surface area contributed by atoms with Gasteiger partial charge in [-0.2, -0.15) is 5.26 Å². The second-order valence-corrected chi connectivity index (χ2v) is 5.27. The highest BCUT2D eigenvalue weighted by Gasteiger charge is 2.29. The maximum Gasteiger partial charge on any atom is 0.114 e. The molecule has 0 aromatic carbocycles. The van der Waals surface area contributed by atoms with Crippen molar-refractivity contribution in [2.75, 3.05) is 13.6 Å². The smallest absolute Gasteiger partial charge is 0.114 e. The maximum absolute atomic E-state index is 8.91. The Hall–Kier alpha value is -0.590. The van der Waals surface area contributed by atoms with Gasteiger partial charge in [-0.1, -0.05) is 19.8 Å². The summed E-state index contributed by atoms with van der Waals surface area (Å²) in [6.45, 7) is 4.77. The Kier molecular flexibility index (Phi) is 4.12. The van der Waals surface area contributed by atoms with Crippen molar-refractivity contribution >= 4 is 0 Å². The standard InChI is InChI=1S/C12H23N3/c1-10-6-4-5-7-11(10)15(3)9-12(2,14)8-13/h10-11H,4-7,9,14H2,1-3H3. The molecular weight excluding hydrogens is 186 g/mol. The number of nitriles is 1. The van der Waals surface area contributed by atoms with Crippen LogP contribution in [0.5, 0.6) is 0 Å². The fourth-order valence-corrected chi connectivity index (χ4v) is 2.62. The fourth-order valence-electron chi connectivity index (χ4n) is 2.62. The zero-order valence-electron chi connectivity index (χ0n) is 10.2. The predicted molar refractivity (Wildman–Crippen MR) is 62.3 cm³/mol. The molecule has 0 aliphatic heterocycles. The molecule has 0 radical (unpaired) electrons. The summed E-state index contributed by atoms with van der Waals surface area (Å²) in [6.07, 6.45) is 5.22. The summed E-state index contributed by atoms with van der Waals surface area (Å²) in [5.41, 5.74) is 5.15. The van der Waals surface area contributed by atoms with Crippen LogP contribution in [0.1, 0.15) is 39.5 Å². The normalized spacial score (nSPS) is 30.9. The van der Waals surface area contributed by atoms with Crippen molar-refractivity contribution < 1.29 is 0 Å². The van der Waals surface area contributed by atoms with Crippen LogP contribution in [0.4, 0.5) is 0 Å². The molecule has 0 amide bonds. The van der Waals surface area contributed by atoms with E-state index in [4.69, 9.17) is 11.0 Å². The van der Waals surface area contributed by atoms with Gasteiger partial charge in [0.25, 0.3) is 0 Å². The zero-order chi connectivity index (χ0) is 11.5. The Morgan fingerprint density at radius 2 is 2.07 bits per heavy atom. The van der Waals surface area contributed by atoms with Gasteiger partial charge in [0.1, 0.15) is 5.54 Å². The van der Waals surface area contributed by atoms with Crippen molar-refractivity contribution in [3.63, 3.8) is 0 Å². The van der Waals surface area contributed by atoms with E-state index in [1.807, 2.05) is 0 Å². The van der Waals surface area contributed by atoms with E-state index in [0.717, 1.165) is 5.92 Å². The summed E-state index contributed by atoms with van der Waals surface area (Å²) in [7, 11) is 2.09. The van der Waals surface area contributed by atoms with E-state index >= 15 is 0 Å². The summed E-state index contributed by atoms with van der Waals surface area (Å²) >= 11 is 0. The lowest BCUT2D eigenvalue weighted by molar-refractivity contribution is 0.126. The minimum atomic E-state index is -0.716. The van der Waals surface area contributed by atoms with E-state index in [1.165, 1.54) is 25.7 Å². The van der Waals surface area contributed by atoms with Gasteiger partial charge >= 0.3 is 0 Å². The lowest BCUT2D eigenvalue weighted by atomic mass is 9.84. The molecule has 0 aromatic rings. The molecule has 1 fully saturated rings. The number of hydrogen-bond acceptors (Lipinski definition) is 3. The van der Waals surface area contributed by atoms with E-state index in [-0.39, 0.29) is 0 Å². The van der Waals surface area contributed by atoms with E-state index in [1.54, 1.807) is 6.92 Å². The Bertz CT molecular complexity index is 242. The molecule has 0 spiro atoms. The molecule has 3 heteroatoms. The van der Waals surface area contributed by atoms with Gasteiger partial charge in [-0.15, -0.1) is 0 Å². The number of nitrogens with zero attached hydrogens (tertiary/aromatic N) is 2. The van der Waals surface area contributed by atoms with Gasteiger partial charge < -0.3 is 10.6 Å². The van der Waals surface area contributed by atoms with Gasteiger partial charge in [-0.05, 0) is 32.7 Å². The highest BCUT2D eigenvalue weighted by Crippen LogP contribution is 2.27. The summed E-state index contributed by atoms with van der Waals surface area (Å²) in [6, 6.07) is 2.77. The van der Waals surface area contributed by atoms with E-state index < -0.39 is 5.54 Å². The van der Waals surface area contributed by atoms with Gasteiger partial charge in [0.15, 0.2) is 0 Å². The van der Waals surface area contributed by atoms with Crippen LogP contribution in [0.2, 0.25) is 0 Å². The van der Waals surface area contributed by atoms with Crippen molar-refractivity contribution in [2.45, 2.75) is 51.1 Å². The zero-order valence-corrected chi connectivity index (χ0v) is 10.2. The number of rotatable bonds is 3. The van der Waals surface area contributed by atoms with Crippen LogP contribution in [-0.2, 0) is 0 Å². The maximum atomic E-state index is 8.91. The first kappa shape index (κ1) is 12.5. The minimum Gasteiger partial charge on any atom is -0.313 e. The molecule has 0 saturated heterocycles. The van der Waals surface area contributed by atoms with E-state index in [0.29, 0.717) is 12.6 Å². The molecule has 3 nitrogen and oxygen atoms in total. The van der Waals surface area contributed by atoms with Gasteiger partial charge in [-0.25, -0.2) is 0 Å². The highest BCUT2D eigenvalue weighted by atomic mass is 15.2. The SMILES string of the molecule is CC1CCCCC1N(C)CC(C)(N)C#N. The molecule has 1 aliphatic rings. The molecule has 1 aliphatic carbocycles. The first-order chi connectivity index (χ1) is 6.96. The molecule has 0 bridgehead atoms. The van der Waals surface area contributed by atoms with Crippen LogP contribution >= 0.6 is 0 Å². The lowest BCUT2D eigenvalue weighted by Gasteiger charge is -2.38. The molecule has 1 rings (SSSR count). The molecular formula is C12H23N3. The molecule has 3 atom stereocenters. The Balaban J connectivity index is 2.52. The van der Waals surface area contributed by atoms with Crippen molar-refractivity contribution in [1.82, 2.24) is 4.90 Å². The first-order valence-electron chi connectivity index (χ1n) is 5.86. The van der Waals surface area contributed by atoms with Crippen LogP contribution < -0.4 is 5.73 Å². The van der Waals surface area contributed by atoms with Crippen LogP contribution in [0, 0.1) is 17.2 Å². The fraction of sp³-hybridized carbons (Fsp3) is 0.917. The van der Waals surface area contributed by atoms with Crippen LogP contribution in [0.15, 0.2) is 0 Å². The highest BCUT2D eigenvalue weighted by molar-refractivity contribution is 5.03. The molecule has 2 N–H and O–H groups in total. The van der Waals surface area contributed by atoms with Crippen molar-refractivity contribution in [1.29, 1.82) is 5.26 Å². The summed E-state index contributed by atoms with van der Waals surface area (Å²) in [5.74, 6) is 0.734. The average molecular weight is 209 g/mol. The Morgan fingerprint density at radius 1 is 1.47 bits per heavy atom. The first-order valence-corrected chi connectivity index (χ1v) is 5.86. The molecule has 3 unspecified atom stereocenters. The van der Waals surface area contributed by atoms with Gasteiger partial charge in [0.05, 0.1) is 6.07 Å². The second kappa shape index (κ2) is 4.96. The molecule has 15 heavy (non-hydrogen) atoms. The second-order valence-electron chi connectivity index (χ2n) is 5.27. The minimum absolute atomic E-state index is 0.606. The van der Waals surface area contributed by atoms with Crippen LogP contribution in [0.25, 0.3) is 0 Å². The summed E-state index contributed by atoms with van der Waals surface area (Å²) < 4.78 is 0. The quantitative estimate of drug-likeness (QED) is 0.770. The van der Waals surface area contributed by atoms with Crippen molar-refractivity contribution in [2.24, 2.45) is 11.7 Å². The topological polar surface area (TPSA) is 53.0 Å². The lowest BCUT2D eigenvalue weighted by Crippen LogP contribution is -2.50. The Morgan fingerprint density at radius 3 is 2.60 bits per heavy atom. The van der Waals surface area contributed by atoms with Gasteiger partial charge in [0.2, 0.25) is 0 Å². The predicted octanol–water partition coefficient (Wildman–Crippen LogP) is 1.74. The summed E-state index contributed by atoms with van der Waals surface area (Å²) in [4.78, 5) is 2.27. The van der Waals surface area contributed by atoms with Crippen LogP contribution in [0.3, 0.4) is 0 Å². The number of hydrogen-bond donors (Lipinski definition) is 1. The Labute approximate surface area is 93.2 Å². The summed E-state index contributed by atoms with van der Waals surface area (Å²) in [5, 5.41) is 8.91. The molecule has 86 valence electrons. The molecule has 1 saturated carbocycles. The number of nitrogens with two attached hydrogens (primary N) is 1. The number of likely N-dealkylation sites (N-methyl/N-ethyl adjacent to an activating group) is 1. The third-order valence-corrected chi connectivity index (χ3v) is 3.47. The molecule has 0 aromatic heterocycles. The average Bonchev–Trinajstić information content (AvgIpc) is 2.17. The molecule has 0 heterocycles. The third kappa shape index (κ3) is 3.48. The van der Waals surface area contributed by atoms with Gasteiger partial charge in [0, 0.05) is 12.6 Å². The van der Waals surface area contributed by atoms with Crippen molar-refractivity contribution in [3.05, 3.63) is 0 Å². The van der Waals surface area contributed by atoms with Gasteiger partial charge in [-0.3, -0.25) is 0 Å². The monoisotopic (exact) mass is 209 g/mol.